The molecule has 2 nitrogen and oxygen atoms in total. The van der Waals surface area contributed by atoms with Gasteiger partial charge in [-0.3, -0.25) is 0 Å². The fraction of sp³-hybridized carbons (Fsp3) is 0.538. The number of benzene rings is 1. The highest BCUT2D eigenvalue weighted by Crippen LogP contribution is 2.29. The first-order chi connectivity index (χ1) is 8.13. The summed E-state index contributed by atoms with van der Waals surface area (Å²) in [4.78, 5) is 0. The molecule has 0 aliphatic heterocycles. The smallest absolute Gasteiger partial charge is 0.124 e. The number of nitrogens with one attached hydrogen (secondary N) is 1. The van der Waals surface area contributed by atoms with Crippen molar-refractivity contribution in [3.05, 3.63) is 34.1 Å². The molecule has 17 heavy (non-hydrogen) atoms. The van der Waals surface area contributed by atoms with E-state index in [4.69, 9.17) is 0 Å². The lowest BCUT2D eigenvalue weighted by atomic mass is 9.98. The summed E-state index contributed by atoms with van der Waals surface area (Å²) >= 11 is 3.28. The van der Waals surface area contributed by atoms with Crippen LogP contribution in [0.5, 0.6) is 0 Å². The molecule has 0 spiro atoms. The minimum Gasteiger partial charge on any atom is -0.394 e. The van der Waals surface area contributed by atoms with E-state index in [0.717, 1.165) is 35.7 Å². The molecular formula is C13H17BrFNO. The Kier molecular flexibility index (Phi) is 4.17. The van der Waals surface area contributed by atoms with E-state index in [1.54, 1.807) is 0 Å². The predicted molar refractivity (Wildman–Crippen MR) is 69.2 cm³/mol. The Labute approximate surface area is 109 Å². The van der Waals surface area contributed by atoms with Crippen LogP contribution in [0.4, 0.5) is 4.39 Å². The van der Waals surface area contributed by atoms with Crippen LogP contribution in [0.25, 0.3) is 0 Å². The van der Waals surface area contributed by atoms with Gasteiger partial charge in [-0.15, -0.1) is 0 Å². The lowest BCUT2D eigenvalue weighted by molar-refractivity contribution is 0.163. The van der Waals surface area contributed by atoms with E-state index in [-0.39, 0.29) is 18.0 Å². The molecule has 0 saturated heterocycles. The van der Waals surface area contributed by atoms with Crippen LogP contribution >= 0.6 is 15.9 Å². The topological polar surface area (TPSA) is 32.3 Å². The van der Waals surface area contributed by atoms with Crippen LogP contribution in [0.1, 0.15) is 31.2 Å². The second-order valence-electron chi connectivity index (χ2n) is 4.78. The highest BCUT2D eigenvalue weighted by Gasteiger charge is 2.32. The molecule has 2 N–H and O–H groups in total. The SMILES string of the molecule is OCC1(NCc2cc(F)cc(Br)c2)CCCC1. The molecule has 1 aromatic rings. The van der Waals surface area contributed by atoms with Crippen LogP contribution in [0, 0.1) is 5.82 Å². The third kappa shape index (κ3) is 3.27. The van der Waals surface area contributed by atoms with Crippen molar-refractivity contribution in [2.75, 3.05) is 6.61 Å². The van der Waals surface area contributed by atoms with E-state index >= 15 is 0 Å². The van der Waals surface area contributed by atoms with Crippen molar-refractivity contribution in [3.63, 3.8) is 0 Å². The molecule has 1 aliphatic rings. The second-order valence-corrected chi connectivity index (χ2v) is 5.69. The Hall–Kier alpha value is -0.450. The Morgan fingerprint density at radius 3 is 2.59 bits per heavy atom. The Balaban J connectivity index is 2.01. The van der Waals surface area contributed by atoms with Crippen molar-refractivity contribution in [3.8, 4) is 0 Å². The molecule has 0 unspecified atom stereocenters. The van der Waals surface area contributed by atoms with Crippen molar-refractivity contribution >= 4 is 15.9 Å². The lowest BCUT2D eigenvalue weighted by Gasteiger charge is -2.28. The first kappa shape index (κ1) is 13.0. The van der Waals surface area contributed by atoms with Crippen LogP contribution in [-0.4, -0.2) is 17.3 Å². The molecule has 0 bridgehead atoms. The van der Waals surface area contributed by atoms with Crippen LogP contribution in [-0.2, 0) is 6.54 Å². The normalized spacial score (nSPS) is 18.5. The molecule has 0 radical (unpaired) electrons. The highest BCUT2D eigenvalue weighted by atomic mass is 79.9. The number of hydrogen-bond donors (Lipinski definition) is 2. The summed E-state index contributed by atoms with van der Waals surface area (Å²) in [5.74, 6) is -0.236. The van der Waals surface area contributed by atoms with Gasteiger partial charge >= 0.3 is 0 Å². The van der Waals surface area contributed by atoms with Gasteiger partial charge < -0.3 is 10.4 Å². The summed E-state index contributed by atoms with van der Waals surface area (Å²) in [6.45, 7) is 0.750. The Morgan fingerprint density at radius 1 is 1.29 bits per heavy atom. The molecule has 1 aliphatic carbocycles. The second kappa shape index (κ2) is 5.46. The van der Waals surface area contributed by atoms with E-state index in [9.17, 15) is 9.50 Å². The fourth-order valence-corrected chi connectivity index (χ4v) is 2.96. The molecular weight excluding hydrogens is 285 g/mol. The van der Waals surface area contributed by atoms with E-state index in [2.05, 4.69) is 21.2 Å². The van der Waals surface area contributed by atoms with Crippen molar-refractivity contribution in [2.45, 2.75) is 37.8 Å². The van der Waals surface area contributed by atoms with Gasteiger partial charge in [-0.1, -0.05) is 28.8 Å². The number of aliphatic hydroxyl groups is 1. The average molecular weight is 302 g/mol. The van der Waals surface area contributed by atoms with E-state index in [1.807, 2.05) is 6.07 Å². The van der Waals surface area contributed by atoms with Gasteiger partial charge in [-0.2, -0.15) is 0 Å². The molecule has 1 saturated carbocycles. The number of aliphatic hydroxyl groups excluding tert-OH is 1. The van der Waals surface area contributed by atoms with E-state index < -0.39 is 0 Å². The van der Waals surface area contributed by atoms with Crippen LogP contribution in [0.2, 0.25) is 0 Å². The van der Waals surface area contributed by atoms with E-state index in [1.165, 1.54) is 12.1 Å². The van der Waals surface area contributed by atoms with Gasteiger partial charge in [0.25, 0.3) is 0 Å². The molecule has 94 valence electrons. The molecule has 0 amide bonds. The Bertz CT molecular complexity index is 371. The zero-order valence-corrected chi connectivity index (χ0v) is 11.3. The summed E-state index contributed by atoms with van der Waals surface area (Å²) in [5.41, 5.74) is 0.746. The van der Waals surface area contributed by atoms with Gasteiger partial charge in [-0.05, 0) is 36.6 Å². The van der Waals surface area contributed by atoms with Gasteiger partial charge in [0.05, 0.1) is 6.61 Å². The summed E-state index contributed by atoms with van der Waals surface area (Å²) in [7, 11) is 0. The molecule has 2 rings (SSSR count). The molecule has 1 aromatic carbocycles. The third-order valence-electron chi connectivity index (χ3n) is 3.45. The zero-order valence-electron chi connectivity index (χ0n) is 9.68. The van der Waals surface area contributed by atoms with E-state index in [0.29, 0.717) is 6.54 Å². The largest absolute Gasteiger partial charge is 0.394 e. The van der Waals surface area contributed by atoms with Crippen molar-refractivity contribution < 1.29 is 9.50 Å². The maximum Gasteiger partial charge on any atom is 0.124 e. The fourth-order valence-electron chi connectivity index (χ4n) is 2.45. The zero-order chi connectivity index (χ0) is 12.3. The number of hydrogen-bond acceptors (Lipinski definition) is 2. The summed E-state index contributed by atoms with van der Waals surface area (Å²) in [6.07, 6.45) is 4.31. The maximum absolute atomic E-state index is 13.2. The van der Waals surface area contributed by atoms with Gasteiger partial charge in [0.2, 0.25) is 0 Å². The third-order valence-corrected chi connectivity index (χ3v) is 3.91. The first-order valence-corrected chi connectivity index (χ1v) is 6.74. The highest BCUT2D eigenvalue weighted by molar-refractivity contribution is 9.10. The van der Waals surface area contributed by atoms with Crippen molar-refractivity contribution in [2.24, 2.45) is 0 Å². The molecule has 0 aromatic heterocycles. The monoisotopic (exact) mass is 301 g/mol. The Morgan fingerprint density at radius 2 is 2.00 bits per heavy atom. The minimum absolute atomic E-state index is 0.154. The van der Waals surface area contributed by atoms with Crippen LogP contribution < -0.4 is 5.32 Å². The van der Waals surface area contributed by atoms with Crippen molar-refractivity contribution in [1.29, 1.82) is 0 Å². The van der Waals surface area contributed by atoms with Gasteiger partial charge in [0.15, 0.2) is 0 Å². The van der Waals surface area contributed by atoms with Gasteiger partial charge in [-0.25, -0.2) is 4.39 Å². The minimum atomic E-state index is -0.236. The average Bonchev–Trinajstić information content (AvgIpc) is 2.74. The van der Waals surface area contributed by atoms with Gasteiger partial charge in [0, 0.05) is 16.6 Å². The summed E-state index contributed by atoms with van der Waals surface area (Å²) in [5, 5.41) is 12.8. The molecule has 4 heteroatoms. The summed E-state index contributed by atoms with van der Waals surface area (Å²) < 4.78 is 13.9. The van der Waals surface area contributed by atoms with Crippen LogP contribution in [0.15, 0.2) is 22.7 Å². The van der Waals surface area contributed by atoms with Crippen LogP contribution in [0.3, 0.4) is 0 Å². The number of rotatable bonds is 4. The van der Waals surface area contributed by atoms with Gasteiger partial charge in [0.1, 0.15) is 5.82 Å². The predicted octanol–water partition coefficient (Wildman–Crippen LogP) is 2.98. The van der Waals surface area contributed by atoms with Crippen molar-refractivity contribution in [1.82, 2.24) is 5.32 Å². The maximum atomic E-state index is 13.2. The standard InChI is InChI=1S/C13H17BrFNO/c14-11-5-10(6-12(15)7-11)8-16-13(9-17)3-1-2-4-13/h5-7,16-17H,1-4,8-9H2. The lowest BCUT2D eigenvalue weighted by Crippen LogP contribution is -2.45. The number of halogens is 2. The first-order valence-electron chi connectivity index (χ1n) is 5.94. The quantitative estimate of drug-likeness (QED) is 0.896. The molecule has 1 fully saturated rings. The molecule has 0 heterocycles. The summed E-state index contributed by atoms with van der Waals surface area (Å²) in [6, 6.07) is 4.87. The molecule has 0 atom stereocenters.